The van der Waals surface area contributed by atoms with Crippen LogP contribution in [0.5, 0.6) is 0 Å². The van der Waals surface area contributed by atoms with Gasteiger partial charge in [-0.15, -0.1) is 11.3 Å². The second kappa shape index (κ2) is 7.02. The maximum Gasteiger partial charge on any atom is 0.230 e. The van der Waals surface area contributed by atoms with Gasteiger partial charge >= 0.3 is 0 Å². The van der Waals surface area contributed by atoms with Crippen LogP contribution in [-0.2, 0) is 11.2 Å². The summed E-state index contributed by atoms with van der Waals surface area (Å²) in [6, 6.07) is 15.4. The smallest absolute Gasteiger partial charge is 0.230 e. The minimum atomic E-state index is -0.334. The third-order valence-electron chi connectivity index (χ3n) is 3.05. The minimum absolute atomic E-state index is 0.171. The third kappa shape index (κ3) is 4.37. The van der Waals surface area contributed by atoms with Crippen molar-refractivity contribution in [1.82, 2.24) is 4.98 Å². The van der Waals surface area contributed by atoms with Gasteiger partial charge in [-0.1, -0.05) is 18.2 Å². The molecule has 0 aliphatic heterocycles. The predicted molar refractivity (Wildman–Crippen MR) is 90.6 cm³/mol. The Balaban J connectivity index is 1.58. The molecule has 0 radical (unpaired) electrons. The molecule has 0 aliphatic rings. The first kappa shape index (κ1) is 15.2. The van der Waals surface area contributed by atoms with Crippen LogP contribution in [0.4, 0.5) is 20.9 Å². The van der Waals surface area contributed by atoms with Crippen molar-refractivity contribution >= 4 is 33.8 Å². The molecule has 2 N–H and O–H groups in total. The normalized spacial score (nSPS) is 10.3. The number of nitrogens with zero attached hydrogens (tertiary/aromatic N) is 1. The van der Waals surface area contributed by atoms with Crippen LogP contribution in [-0.4, -0.2) is 10.9 Å². The van der Waals surface area contributed by atoms with Crippen LogP contribution in [0.3, 0.4) is 0 Å². The van der Waals surface area contributed by atoms with Crippen molar-refractivity contribution in [2.45, 2.75) is 6.42 Å². The van der Waals surface area contributed by atoms with E-state index in [0.29, 0.717) is 11.4 Å². The number of thiazole rings is 1. The van der Waals surface area contributed by atoms with E-state index in [1.165, 1.54) is 35.6 Å². The van der Waals surface area contributed by atoms with Gasteiger partial charge in [-0.2, -0.15) is 0 Å². The number of carbonyl (C=O) groups is 1. The van der Waals surface area contributed by atoms with E-state index in [0.717, 1.165) is 10.8 Å². The lowest BCUT2D eigenvalue weighted by Gasteiger charge is -2.03. The molecule has 0 spiro atoms. The number of benzene rings is 2. The lowest BCUT2D eigenvalue weighted by atomic mass is 10.3. The molecule has 6 heteroatoms. The van der Waals surface area contributed by atoms with Crippen LogP contribution >= 0.6 is 11.3 Å². The quantitative estimate of drug-likeness (QED) is 0.738. The summed E-state index contributed by atoms with van der Waals surface area (Å²) in [5.41, 5.74) is 2.20. The van der Waals surface area contributed by atoms with Gasteiger partial charge in [0.2, 0.25) is 5.91 Å². The van der Waals surface area contributed by atoms with Crippen LogP contribution in [0, 0.1) is 5.82 Å². The zero-order valence-electron chi connectivity index (χ0n) is 12.1. The van der Waals surface area contributed by atoms with Crippen molar-refractivity contribution in [1.29, 1.82) is 0 Å². The number of anilines is 3. The van der Waals surface area contributed by atoms with Gasteiger partial charge in [0.1, 0.15) is 5.82 Å². The van der Waals surface area contributed by atoms with Crippen molar-refractivity contribution < 1.29 is 9.18 Å². The fourth-order valence-corrected chi connectivity index (χ4v) is 2.72. The second-order valence-corrected chi connectivity index (χ2v) is 5.72. The van der Waals surface area contributed by atoms with E-state index >= 15 is 0 Å². The Bertz CT molecular complexity index is 787. The molecule has 23 heavy (non-hydrogen) atoms. The molecule has 3 aromatic rings. The number of para-hydroxylation sites is 1. The van der Waals surface area contributed by atoms with E-state index in [-0.39, 0.29) is 18.1 Å². The van der Waals surface area contributed by atoms with Crippen LogP contribution < -0.4 is 10.6 Å². The topological polar surface area (TPSA) is 54.0 Å². The molecule has 0 aliphatic carbocycles. The highest BCUT2D eigenvalue weighted by atomic mass is 32.1. The number of amides is 1. The summed E-state index contributed by atoms with van der Waals surface area (Å²) in [5.74, 6) is -0.521. The maximum absolute atomic E-state index is 12.8. The molecule has 4 nitrogen and oxygen atoms in total. The van der Waals surface area contributed by atoms with Gasteiger partial charge in [0.15, 0.2) is 5.13 Å². The summed E-state index contributed by atoms with van der Waals surface area (Å²) in [6.45, 7) is 0. The first-order valence-corrected chi connectivity index (χ1v) is 7.89. The number of hydrogen-bond donors (Lipinski definition) is 2. The molecular formula is C17H14FN3OS. The zero-order valence-corrected chi connectivity index (χ0v) is 12.9. The van der Waals surface area contributed by atoms with Crippen molar-refractivity contribution in [3.8, 4) is 0 Å². The molecule has 1 aromatic heterocycles. The lowest BCUT2D eigenvalue weighted by molar-refractivity contribution is -0.115. The van der Waals surface area contributed by atoms with Crippen molar-refractivity contribution in [3.05, 3.63) is 71.5 Å². The molecule has 0 fully saturated rings. The Morgan fingerprint density at radius 2 is 1.78 bits per heavy atom. The second-order valence-electron chi connectivity index (χ2n) is 4.87. The number of nitrogens with one attached hydrogen (secondary N) is 2. The van der Waals surface area contributed by atoms with E-state index in [4.69, 9.17) is 0 Å². The van der Waals surface area contributed by atoms with E-state index in [9.17, 15) is 9.18 Å². The molecule has 1 heterocycles. The first-order chi connectivity index (χ1) is 11.2. The van der Waals surface area contributed by atoms with Gasteiger partial charge < -0.3 is 10.6 Å². The van der Waals surface area contributed by atoms with E-state index in [2.05, 4.69) is 15.6 Å². The first-order valence-electron chi connectivity index (χ1n) is 7.01. The lowest BCUT2D eigenvalue weighted by Crippen LogP contribution is -2.14. The molecule has 0 saturated carbocycles. The average molecular weight is 327 g/mol. The molecule has 0 bridgehead atoms. The van der Waals surface area contributed by atoms with Crippen LogP contribution in [0.1, 0.15) is 5.69 Å². The van der Waals surface area contributed by atoms with E-state index in [1.54, 1.807) is 0 Å². The Hall–Kier alpha value is -2.73. The van der Waals surface area contributed by atoms with E-state index < -0.39 is 0 Å². The number of aromatic nitrogens is 1. The van der Waals surface area contributed by atoms with Gasteiger partial charge in [-0.3, -0.25) is 4.79 Å². The predicted octanol–water partition coefficient (Wildman–Crippen LogP) is 4.21. The minimum Gasteiger partial charge on any atom is -0.332 e. The summed E-state index contributed by atoms with van der Waals surface area (Å²) in [4.78, 5) is 16.4. The highest BCUT2D eigenvalue weighted by Gasteiger charge is 2.08. The fourth-order valence-electron chi connectivity index (χ4n) is 1.99. The third-order valence-corrected chi connectivity index (χ3v) is 3.85. The Morgan fingerprint density at radius 1 is 1.04 bits per heavy atom. The van der Waals surface area contributed by atoms with Crippen LogP contribution in [0.2, 0.25) is 0 Å². The number of carbonyl (C=O) groups excluding carboxylic acids is 1. The Labute approximate surface area is 137 Å². The van der Waals surface area contributed by atoms with Gasteiger partial charge in [-0.05, 0) is 36.4 Å². The van der Waals surface area contributed by atoms with Crippen molar-refractivity contribution in [2.24, 2.45) is 0 Å². The molecule has 2 aromatic carbocycles. The largest absolute Gasteiger partial charge is 0.332 e. The Kier molecular flexibility index (Phi) is 4.63. The SMILES string of the molecule is O=C(Cc1csc(Nc2ccccc2)n1)Nc1ccc(F)cc1. The molecule has 0 atom stereocenters. The number of rotatable bonds is 5. The number of halogens is 1. The fraction of sp³-hybridized carbons (Fsp3) is 0.0588. The highest BCUT2D eigenvalue weighted by molar-refractivity contribution is 7.13. The summed E-state index contributed by atoms with van der Waals surface area (Å²) >= 11 is 1.44. The van der Waals surface area contributed by atoms with Gasteiger partial charge in [-0.25, -0.2) is 9.37 Å². The number of hydrogen-bond acceptors (Lipinski definition) is 4. The van der Waals surface area contributed by atoms with Gasteiger partial charge in [0.25, 0.3) is 0 Å². The summed E-state index contributed by atoms with van der Waals surface area (Å²) in [5, 5.41) is 8.48. The average Bonchev–Trinajstić information content (AvgIpc) is 2.97. The molecule has 1 amide bonds. The monoisotopic (exact) mass is 327 g/mol. The van der Waals surface area contributed by atoms with E-state index in [1.807, 2.05) is 35.7 Å². The molecule has 3 rings (SSSR count). The van der Waals surface area contributed by atoms with Crippen molar-refractivity contribution in [3.63, 3.8) is 0 Å². The zero-order chi connectivity index (χ0) is 16.1. The van der Waals surface area contributed by atoms with Gasteiger partial charge in [0.05, 0.1) is 12.1 Å². The standard InChI is InChI=1S/C17H14FN3OS/c18-12-6-8-14(9-7-12)19-16(22)10-15-11-23-17(21-15)20-13-4-2-1-3-5-13/h1-9,11H,10H2,(H,19,22)(H,20,21). The summed E-state index contributed by atoms with van der Waals surface area (Å²) < 4.78 is 12.8. The summed E-state index contributed by atoms with van der Waals surface area (Å²) in [6.07, 6.45) is 0.171. The molecule has 0 saturated heterocycles. The molecular weight excluding hydrogens is 313 g/mol. The highest BCUT2D eigenvalue weighted by Crippen LogP contribution is 2.21. The van der Waals surface area contributed by atoms with Crippen molar-refractivity contribution in [2.75, 3.05) is 10.6 Å². The van der Waals surface area contributed by atoms with Crippen LogP contribution in [0.15, 0.2) is 60.0 Å². The maximum atomic E-state index is 12.8. The molecule has 116 valence electrons. The molecule has 0 unspecified atom stereocenters. The Morgan fingerprint density at radius 3 is 2.52 bits per heavy atom. The van der Waals surface area contributed by atoms with Crippen LogP contribution in [0.25, 0.3) is 0 Å². The summed E-state index contributed by atoms with van der Waals surface area (Å²) in [7, 11) is 0. The van der Waals surface area contributed by atoms with Gasteiger partial charge in [0, 0.05) is 16.8 Å².